The van der Waals surface area contributed by atoms with Crippen molar-refractivity contribution in [1.82, 2.24) is 4.98 Å². The molecule has 0 aliphatic heterocycles. The van der Waals surface area contributed by atoms with Gasteiger partial charge in [-0.1, -0.05) is 0 Å². The van der Waals surface area contributed by atoms with E-state index >= 15 is 0 Å². The fourth-order valence-corrected chi connectivity index (χ4v) is 2.18. The van der Waals surface area contributed by atoms with Crippen molar-refractivity contribution in [1.29, 1.82) is 0 Å². The molecule has 0 saturated heterocycles. The van der Waals surface area contributed by atoms with Gasteiger partial charge in [0.05, 0.1) is 9.13 Å². The third-order valence-corrected chi connectivity index (χ3v) is 3.13. The Labute approximate surface area is 94.7 Å². The Morgan fingerprint density at radius 2 is 2.00 bits per heavy atom. The van der Waals surface area contributed by atoms with Crippen molar-refractivity contribution in [2.24, 2.45) is 0 Å². The normalized spacial score (nSPS) is 10.8. The number of aromatic hydroxyl groups is 1. The van der Waals surface area contributed by atoms with Crippen molar-refractivity contribution in [3.05, 3.63) is 19.0 Å². The van der Waals surface area contributed by atoms with E-state index in [-0.39, 0.29) is 14.9 Å². The molecule has 1 heterocycles. The summed E-state index contributed by atoms with van der Waals surface area (Å²) in [5, 5.41) is 9.23. The summed E-state index contributed by atoms with van der Waals surface area (Å²) < 4.78 is 24.9. The van der Waals surface area contributed by atoms with Gasteiger partial charge in [-0.3, -0.25) is 0 Å². The molecule has 6 heteroatoms. The van der Waals surface area contributed by atoms with E-state index in [1.807, 2.05) is 0 Å². The van der Waals surface area contributed by atoms with Crippen LogP contribution in [0.2, 0.25) is 0 Å². The largest absolute Gasteiger partial charge is 0.504 e. The van der Waals surface area contributed by atoms with E-state index in [4.69, 9.17) is 0 Å². The van der Waals surface area contributed by atoms with E-state index < -0.39 is 6.43 Å². The Bertz CT molecular complexity index is 306. The zero-order chi connectivity index (χ0) is 9.30. The van der Waals surface area contributed by atoms with Crippen molar-refractivity contribution in [3.63, 3.8) is 0 Å². The lowest BCUT2D eigenvalue weighted by atomic mass is 10.3. The van der Waals surface area contributed by atoms with Crippen LogP contribution in [0.3, 0.4) is 0 Å². The standard InChI is InChI=1S/C6H3F2I2NO/c7-5(8)2-1-11-6(10)4(12)3(2)9/h1,5,12H. The van der Waals surface area contributed by atoms with Crippen LogP contribution < -0.4 is 0 Å². The van der Waals surface area contributed by atoms with Crippen molar-refractivity contribution < 1.29 is 13.9 Å². The molecule has 0 aromatic carbocycles. The van der Waals surface area contributed by atoms with E-state index in [0.29, 0.717) is 3.70 Å². The van der Waals surface area contributed by atoms with Gasteiger partial charge in [-0.25, -0.2) is 13.8 Å². The molecule has 0 amide bonds. The average Bonchev–Trinajstić information content (AvgIpc) is 2.00. The second-order valence-corrected chi connectivity index (χ2v) is 4.07. The Hall–Kier alpha value is 0.270. The molecular weight excluding hydrogens is 394 g/mol. The number of pyridine rings is 1. The molecule has 0 bridgehead atoms. The van der Waals surface area contributed by atoms with Gasteiger partial charge in [0.2, 0.25) is 0 Å². The first-order chi connectivity index (χ1) is 5.54. The molecule has 12 heavy (non-hydrogen) atoms. The van der Waals surface area contributed by atoms with Gasteiger partial charge in [0, 0.05) is 6.20 Å². The predicted octanol–water partition coefficient (Wildman–Crippen LogP) is 2.93. The van der Waals surface area contributed by atoms with E-state index in [1.54, 1.807) is 45.2 Å². The minimum absolute atomic E-state index is 0.169. The van der Waals surface area contributed by atoms with Crippen LogP contribution in [0.5, 0.6) is 5.75 Å². The average molecular weight is 397 g/mol. The van der Waals surface area contributed by atoms with Gasteiger partial charge in [0.15, 0.2) is 5.75 Å². The lowest BCUT2D eigenvalue weighted by Crippen LogP contribution is -1.94. The van der Waals surface area contributed by atoms with Crippen molar-refractivity contribution in [2.75, 3.05) is 0 Å². The zero-order valence-electron chi connectivity index (χ0n) is 5.56. The first-order valence-corrected chi connectivity index (χ1v) is 5.00. The van der Waals surface area contributed by atoms with Crippen LogP contribution in [0.4, 0.5) is 8.78 Å². The van der Waals surface area contributed by atoms with Gasteiger partial charge >= 0.3 is 0 Å². The summed E-state index contributed by atoms with van der Waals surface area (Å²) in [6.45, 7) is 0. The number of rotatable bonds is 1. The fourth-order valence-electron chi connectivity index (χ4n) is 0.623. The fraction of sp³-hybridized carbons (Fsp3) is 0.167. The molecule has 0 aliphatic rings. The van der Waals surface area contributed by atoms with Gasteiger partial charge in [-0.2, -0.15) is 0 Å². The highest BCUT2D eigenvalue weighted by Crippen LogP contribution is 2.32. The molecule has 0 saturated carbocycles. The minimum atomic E-state index is -2.59. The number of aromatic nitrogens is 1. The molecule has 0 aliphatic carbocycles. The molecule has 0 fully saturated rings. The van der Waals surface area contributed by atoms with Gasteiger partial charge in [0.1, 0.15) is 3.70 Å². The van der Waals surface area contributed by atoms with E-state index in [2.05, 4.69) is 4.98 Å². The van der Waals surface area contributed by atoms with Crippen LogP contribution in [0, 0.1) is 7.27 Å². The maximum Gasteiger partial charge on any atom is 0.266 e. The molecule has 0 radical (unpaired) electrons. The lowest BCUT2D eigenvalue weighted by Gasteiger charge is -2.04. The Kier molecular flexibility index (Phi) is 3.44. The highest BCUT2D eigenvalue weighted by molar-refractivity contribution is 14.1. The van der Waals surface area contributed by atoms with Crippen LogP contribution in [0.1, 0.15) is 12.0 Å². The summed E-state index contributed by atoms with van der Waals surface area (Å²) in [5.41, 5.74) is -0.228. The van der Waals surface area contributed by atoms with Crippen molar-refractivity contribution >= 4 is 45.2 Å². The first-order valence-electron chi connectivity index (χ1n) is 2.85. The third-order valence-electron chi connectivity index (χ3n) is 1.21. The summed E-state index contributed by atoms with van der Waals surface area (Å²) in [4.78, 5) is 3.61. The molecule has 1 aromatic heterocycles. The minimum Gasteiger partial charge on any atom is -0.504 e. The summed E-state index contributed by atoms with van der Waals surface area (Å²) >= 11 is 3.45. The summed E-state index contributed by atoms with van der Waals surface area (Å²) in [7, 11) is 0. The van der Waals surface area contributed by atoms with Crippen molar-refractivity contribution in [3.8, 4) is 5.75 Å². The van der Waals surface area contributed by atoms with E-state index in [9.17, 15) is 13.9 Å². The molecule has 66 valence electrons. The molecule has 1 rings (SSSR count). The molecule has 1 aromatic rings. The summed E-state index contributed by atoms with van der Waals surface area (Å²) in [6.07, 6.45) is -1.51. The number of hydrogen-bond donors (Lipinski definition) is 1. The third kappa shape index (κ3) is 1.95. The quantitative estimate of drug-likeness (QED) is 0.585. The van der Waals surface area contributed by atoms with Gasteiger partial charge < -0.3 is 5.11 Å². The van der Waals surface area contributed by atoms with Gasteiger partial charge in [-0.15, -0.1) is 0 Å². The molecule has 0 unspecified atom stereocenters. The zero-order valence-corrected chi connectivity index (χ0v) is 9.88. The smallest absolute Gasteiger partial charge is 0.266 e. The number of alkyl halides is 2. The van der Waals surface area contributed by atoms with E-state index in [1.165, 1.54) is 0 Å². The van der Waals surface area contributed by atoms with Crippen LogP contribution >= 0.6 is 45.2 Å². The molecular formula is C6H3F2I2NO. The molecule has 0 spiro atoms. The van der Waals surface area contributed by atoms with Crippen LogP contribution in [-0.2, 0) is 0 Å². The monoisotopic (exact) mass is 397 g/mol. The maximum atomic E-state index is 12.2. The van der Waals surface area contributed by atoms with E-state index in [0.717, 1.165) is 6.20 Å². The van der Waals surface area contributed by atoms with Crippen LogP contribution in [0.25, 0.3) is 0 Å². The number of nitrogens with zero attached hydrogens (tertiary/aromatic N) is 1. The predicted molar refractivity (Wildman–Crippen MR) is 56.3 cm³/mol. The van der Waals surface area contributed by atoms with Crippen LogP contribution in [0.15, 0.2) is 6.20 Å². The lowest BCUT2D eigenvalue weighted by molar-refractivity contribution is 0.149. The highest BCUT2D eigenvalue weighted by atomic mass is 127. The topological polar surface area (TPSA) is 33.1 Å². The number of halogens is 4. The summed E-state index contributed by atoms with van der Waals surface area (Å²) in [5.74, 6) is -0.172. The molecule has 0 atom stereocenters. The van der Waals surface area contributed by atoms with Gasteiger partial charge in [-0.05, 0) is 45.2 Å². The van der Waals surface area contributed by atoms with Crippen molar-refractivity contribution in [2.45, 2.75) is 6.43 Å². The Morgan fingerprint density at radius 3 is 2.50 bits per heavy atom. The molecule has 1 N–H and O–H groups in total. The van der Waals surface area contributed by atoms with Gasteiger partial charge in [0.25, 0.3) is 6.43 Å². The first kappa shape index (κ1) is 10.4. The Morgan fingerprint density at radius 1 is 1.42 bits per heavy atom. The second kappa shape index (κ2) is 3.99. The van der Waals surface area contributed by atoms with Crippen LogP contribution in [-0.4, -0.2) is 10.1 Å². The maximum absolute atomic E-state index is 12.2. The SMILES string of the molecule is Oc1c(I)ncc(C(F)F)c1I. The Balaban J connectivity index is 3.27. The number of hydrogen-bond acceptors (Lipinski definition) is 2. The highest BCUT2D eigenvalue weighted by Gasteiger charge is 2.16. The second-order valence-electron chi connectivity index (χ2n) is 1.97. The molecule has 2 nitrogen and oxygen atoms in total. The summed E-state index contributed by atoms with van der Waals surface area (Å²) in [6, 6.07) is 0.